The number of hydrogen-bond acceptors (Lipinski definition) is 5. The number of amides is 1. The predicted octanol–water partition coefficient (Wildman–Crippen LogP) is -0.309. The number of carbonyl (C=O) groups is 1. The van der Waals surface area contributed by atoms with Crippen LogP contribution in [0.15, 0.2) is 17.6 Å². The highest BCUT2D eigenvalue weighted by Gasteiger charge is 2.09. The monoisotopic (exact) mass is 267 g/mol. The van der Waals surface area contributed by atoms with E-state index in [-0.39, 0.29) is 5.16 Å². The quantitative estimate of drug-likeness (QED) is 0.458. The molecule has 7 heteroatoms. The van der Waals surface area contributed by atoms with Crippen molar-refractivity contribution in [2.45, 2.75) is 24.4 Å². The first kappa shape index (κ1) is 14.1. The Labute approximate surface area is 106 Å². The Kier molecular flexibility index (Phi) is 4.80. The standard InChI is InChI=1S/C11H13N3O3S/c1-18(16,17)11-13-7-9(8-14-11)5-3-2-4-6-10(12)15/h7-8H,2-3,5H2,1H3,(H2,12,15). The van der Waals surface area contributed by atoms with Crippen LogP contribution in [0.4, 0.5) is 0 Å². The lowest BCUT2D eigenvalue weighted by atomic mass is 10.1. The second-order valence-corrected chi connectivity index (χ2v) is 5.58. The van der Waals surface area contributed by atoms with Gasteiger partial charge in [0.05, 0.1) is 0 Å². The van der Waals surface area contributed by atoms with Gasteiger partial charge in [0.2, 0.25) is 15.0 Å². The molecule has 2 N–H and O–H groups in total. The van der Waals surface area contributed by atoms with Crippen LogP contribution in [0.5, 0.6) is 0 Å². The van der Waals surface area contributed by atoms with Gasteiger partial charge in [-0.3, -0.25) is 4.79 Å². The molecule has 6 nitrogen and oxygen atoms in total. The topological polar surface area (TPSA) is 103 Å². The van der Waals surface area contributed by atoms with E-state index in [1.807, 2.05) is 0 Å². The van der Waals surface area contributed by atoms with Crippen molar-refractivity contribution in [1.29, 1.82) is 0 Å². The lowest BCUT2D eigenvalue weighted by molar-refractivity contribution is -0.112. The molecule has 0 bridgehead atoms. The van der Waals surface area contributed by atoms with Gasteiger partial charge in [0.1, 0.15) is 0 Å². The van der Waals surface area contributed by atoms with Crippen molar-refractivity contribution in [2.75, 3.05) is 6.26 Å². The third kappa shape index (κ3) is 4.93. The van der Waals surface area contributed by atoms with E-state index >= 15 is 0 Å². The van der Waals surface area contributed by atoms with Crippen LogP contribution < -0.4 is 5.73 Å². The van der Waals surface area contributed by atoms with Crippen molar-refractivity contribution >= 4 is 15.7 Å². The van der Waals surface area contributed by atoms with Gasteiger partial charge in [0.15, 0.2) is 0 Å². The molecule has 1 aromatic rings. The Morgan fingerprint density at radius 1 is 1.39 bits per heavy atom. The number of sulfone groups is 1. The molecule has 0 atom stereocenters. The summed E-state index contributed by atoms with van der Waals surface area (Å²) in [6.45, 7) is 0. The minimum Gasteiger partial charge on any atom is -0.359 e. The molecule has 0 saturated heterocycles. The molecular weight excluding hydrogens is 254 g/mol. The van der Waals surface area contributed by atoms with E-state index in [1.165, 1.54) is 12.4 Å². The minimum atomic E-state index is -3.35. The van der Waals surface area contributed by atoms with Crippen LogP contribution in [-0.2, 0) is 21.1 Å². The second-order valence-electron chi connectivity index (χ2n) is 3.67. The Morgan fingerprint density at radius 3 is 2.50 bits per heavy atom. The molecule has 1 aromatic heterocycles. The average molecular weight is 267 g/mol. The van der Waals surface area contributed by atoms with Crippen LogP contribution in [0.25, 0.3) is 0 Å². The molecule has 1 heterocycles. The van der Waals surface area contributed by atoms with Gasteiger partial charge in [0, 0.05) is 25.1 Å². The third-order valence-corrected chi connectivity index (χ3v) is 2.87. The maximum atomic E-state index is 11.1. The smallest absolute Gasteiger partial charge is 0.293 e. The van der Waals surface area contributed by atoms with E-state index in [0.29, 0.717) is 12.8 Å². The van der Waals surface area contributed by atoms with Crippen molar-refractivity contribution in [3.05, 3.63) is 18.0 Å². The third-order valence-electron chi connectivity index (χ3n) is 1.99. The Balaban J connectivity index is 2.51. The van der Waals surface area contributed by atoms with E-state index in [0.717, 1.165) is 18.2 Å². The molecule has 0 aliphatic rings. The molecule has 0 saturated carbocycles. The van der Waals surface area contributed by atoms with Gasteiger partial charge in [-0.05, 0) is 24.3 Å². The van der Waals surface area contributed by atoms with Crippen molar-refractivity contribution in [3.8, 4) is 11.8 Å². The van der Waals surface area contributed by atoms with Crippen LogP contribution in [0.2, 0.25) is 0 Å². The van der Waals surface area contributed by atoms with Crippen LogP contribution in [0, 0.1) is 11.8 Å². The summed E-state index contributed by atoms with van der Waals surface area (Å²) >= 11 is 0. The summed E-state index contributed by atoms with van der Waals surface area (Å²) < 4.78 is 22.2. The molecule has 0 aliphatic carbocycles. The normalized spacial score (nSPS) is 10.5. The number of rotatable bonds is 4. The lowest BCUT2D eigenvalue weighted by Gasteiger charge is -1.99. The summed E-state index contributed by atoms with van der Waals surface area (Å²) in [5.41, 5.74) is 5.68. The van der Waals surface area contributed by atoms with Crippen molar-refractivity contribution in [1.82, 2.24) is 9.97 Å². The Bertz CT molecular complexity index is 582. The number of aryl methyl sites for hydroxylation is 1. The van der Waals surface area contributed by atoms with Crippen molar-refractivity contribution < 1.29 is 13.2 Å². The number of unbranched alkanes of at least 4 members (excludes halogenated alkanes) is 1. The van der Waals surface area contributed by atoms with E-state index in [4.69, 9.17) is 5.73 Å². The summed E-state index contributed by atoms with van der Waals surface area (Å²) in [6, 6.07) is 0. The SMILES string of the molecule is CS(=O)(=O)c1ncc(CCCC#CC(N)=O)cn1. The van der Waals surface area contributed by atoms with E-state index in [9.17, 15) is 13.2 Å². The number of nitrogens with zero attached hydrogens (tertiary/aromatic N) is 2. The highest BCUT2D eigenvalue weighted by molar-refractivity contribution is 7.90. The first-order valence-corrected chi connectivity index (χ1v) is 7.08. The zero-order valence-corrected chi connectivity index (χ0v) is 10.7. The fourth-order valence-electron chi connectivity index (χ4n) is 1.19. The van der Waals surface area contributed by atoms with Gasteiger partial charge in [-0.2, -0.15) is 0 Å². The molecule has 96 valence electrons. The lowest BCUT2D eigenvalue weighted by Crippen LogP contribution is -2.06. The molecule has 0 radical (unpaired) electrons. The van der Waals surface area contributed by atoms with Gasteiger partial charge < -0.3 is 5.73 Å². The van der Waals surface area contributed by atoms with Gasteiger partial charge >= 0.3 is 0 Å². The van der Waals surface area contributed by atoms with Gasteiger partial charge in [-0.25, -0.2) is 18.4 Å². The molecule has 1 amide bonds. The molecule has 0 fully saturated rings. The molecule has 1 rings (SSSR count). The summed E-state index contributed by atoms with van der Waals surface area (Å²) in [5.74, 6) is 4.23. The first-order valence-electron chi connectivity index (χ1n) is 5.19. The molecule has 0 aliphatic heterocycles. The largest absolute Gasteiger partial charge is 0.359 e. The van der Waals surface area contributed by atoms with Crippen LogP contribution in [-0.4, -0.2) is 30.5 Å². The first-order chi connectivity index (χ1) is 8.39. The highest BCUT2D eigenvalue weighted by atomic mass is 32.2. The van der Waals surface area contributed by atoms with Gasteiger partial charge in [-0.1, -0.05) is 5.92 Å². The summed E-state index contributed by atoms with van der Waals surface area (Å²) in [5, 5.41) is -0.181. The number of aromatic nitrogens is 2. The summed E-state index contributed by atoms with van der Waals surface area (Å²) in [7, 11) is -3.35. The summed E-state index contributed by atoms with van der Waals surface area (Å²) in [6.07, 6.45) is 5.94. The summed E-state index contributed by atoms with van der Waals surface area (Å²) in [4.78, 5) is 17.9. The number of carbonyl (C=O) groups excluding carboxylic acids is 1. The second kappa shape index (κ2) is 6.12. The average Bonchev–Trinajstić information content (AvgIpc) is 2.27. The number of nitrogens with two attached hydrogens (primary N) is 1. The van der Waals surface area contributed by atoms with Crippen LogP contribution in [0.3, 0.4) is 0 Å². The Morgan fingerprint density at radius 2 is 2.00 bits per heavy atom. The van der Waals surface area contributed by atoms with Gasteiger partial charge in [0.25, 0.3) is 5.91 Å². The van der Waals surface area contributed by atoms with Crippen molar-refractivity contribution in [3.63, 3.8) is 0 Å². The van der Waals surface area contributed by atoms with Crippen LogP contribution >= 0.6 is 0 Å². The maximum Gasteiger partial charge on any atom is 0.293 e. The number of hydrogen-bond donors (Lipinski definition) is 1. The van der Waals surface area contributed by atoms with Gasteiger partial charge in [-0.15, -0.1) is 0 Å². The fourth-order valence-corrected chi connectivity index (χ4v) is 1.68. The zero-order valence-electron chi connectivity index (χ0n) is 9.88. The van der Waals surface area contributed by atoms with E-state index < -0.39 is 15.7 Å². The molecule has 0 unspecified atom stereocenters. The predicted molar refractivity (Wildman–Crippen MR) is 65.1 cm³/mol. The zero-order chi connectivity index (χ0) is 13.6. The molecule has 0 aromatic carbocycles. The Hall–Kier alpha value is -1.94. The van der Waals surface area contributed by atoms with E-state index in [1.54, 1.807) is 0 Å². The van der Waals surface area contributed by atoms with E-state index in [2.05, 4.69) is 21.8 Å². The minimum absolute atomic E-state index is 0.181. The molecule has 18 heavy (non-hydrogen) atoms. The highest BCUT2D eigenvalue weighted by Crippen LogP contribution is 2.05. The molecule has 0 spiro atoms. The molecular formula is C11H13N3O3S. The fraction of sp³-hybridized carbons (Fsp3) is 0.364. The van der Waals surface area contributed by atoms with Crippen molar-refractivity contribution in [2.24, 2.45) is 5.73 Å². The number of primary amides is 1. The van der Waals surface area contributed by atoms with Crippen LogP contribution in [0.1, 0.15) is 18.4 Å². The maximum absolute atomic E-state index is 11.1.